The summed E-state index contributed by atoms with van der Waals surface area (Å²) in [6.07, 6.45) is 9.65. The summed E-state index contributed by atoms with van der Waals surface area (Å²) in [5.41, 5.74) is -0.788. The first-order valence-electron chi connectivity index (χ1n) is 18.0. The second-order valence-electron chi connectivity index (χ2n) is 15.7. The summed E-state index contributed by atoms with van der Waals surface area (Å²) in [5, 5.41) is 11.2. The van der Waals surface area contributed by atoms with Crippen molar-refractivity contribution in [1.82, 2.24) is 30.9 Å². The van der Waals surface area contributed by atoms with Gasteiger partial charge in [-0.05, 0) is 75.5 Å². The highest BCUT2D eigenvalue weighted by atomic mass is 32.2. The maximum Gasteiger partial charge on any atom is 0.289 e. The van der Waals surface area contributed by atoms with Crippen LogP contribution >= 0.6 is 0 Å². The largest absolute Gasteiger partial charge is 0.347 e. The highest BCUT2D eigenvalue weighted by molar-refractivity contribution is 7.88. The fourth-order valence-electron chi connectivity index (χ4n) is 7.65. The molecule has 1 saturated heterocycles. The molecule has 276 valence electrons. The van der Waals surface area contributed by atoms with Crippen molar-refractivity contribution in [3.05, 3.63) is 0 Å². The van der Waals surface area contributed by atoms with Crippen LogP contribution in [0.2, 0.25) is 0 Å². The first kappa shape index (κ1) is 38.7. The number of sulfonamides is 1. The second-order valence-corrected chi connectivity index (χ2v) is 17.5. The number of Topliss-reactive ketones (excluding diaryl/α,β-unsaturated/α-hetero) is 1. The van der Waals surface area contributed by atoms with Crippen molar-refractivity contribution in [2.45, 2.75) is 154 Å². The monoisotopic (exact) mass is 708 g/mol. The highest BCUT2D eigenvalue weighted by Gasteiger charge is 2.54. The highest BCUT2D eigenvalue weighted by Crippen LogP contribution is 2.44. The number of rotatable bonds is 15. The predicted molar refractivity (Wildman–Crippen MR) is 182 cm³/mol. The topological polar surface area (TPSA) is 200 Å². The Kier molecular flexibility index (Phi) is 12.5. The number of fused-ring (bicyclic) bond motifs is 2. The van der Waals surface area contributed by atoms with E-state index in [1.54, 1.807) is 4.90 Å². The van der Waals surface area contributed by atoms with Gasteiger partial charge in [0.2, 0.25) is 39.4 Å². The Morgan fingerprint density at radius 3 is 2.08 bits per heavy atom. The van der Waals surface area contributed by atoms with Crippen LogP contribution in [0.25, 0.3) is 0 Å². The lowest BCUT2D eigenvalue weighted by Crippen LogP contribution is -2.64. The van der Waals surface area contributed by atoms with E-state index in [0.717, 1.165) is 44.8 Å². The van der Waals surface area contributed by atoms with Crippen molar-refractivity contribution >= 4 is 45.3 Å². The SMILES string of the molecule is CCCC(NC(=O)C1C2CCC(C2)N1C(=O)C(NC(=O)C(NC(=O)C(C)NS(C)(=O)=O)C1CCCCC1)C(C)(C)C)C(=O)C(=O)NC1CC1. The van der Waals surface area contributed by atoms with Crippen molar-refractivity contribution in [1.29, 1.82) is 0 Å². The first-order valence-corrected chi connectivity index (χ1v) is 19.9. The molecule has 0 aromatic carbocycles. The van der Waals surface area contributed by atoms with Crippen LogP contribution in [0.4, 0.5) is 0 Å². The summed E-state index contributed by atoms with van der Waals surface area (Å²) >= 11 is 0. The molecule has 7 atom stereocenters. The Balaban J connectivity index is 1.54. The average Bonchev–Trinajstić information content (AvgIpc) is 3.59. The van der Waals surface area contributed by atoms with Gasteiger partial charge in [-0.15, -0.1) is 0 Å². The fourth-order valence-corrected chi connectivity index (χ4v) is 8.40. The second kappa shape index (κ2) is 15.9. The molecule has 2 bridgehead atoms. The lowest BCUT2D eigenvalue weighted by atomic mass is 9.81. The third-order valence-corrected chi connectivity index (χ3v) is 11.1. The molecule has 1 aliphatic heterocycles. The van der Waals surface area contributed by atoms with Gasteiger partial charge in [0, 0.05) is 12.1 Å². The van der Waals surface area contributed by atoms with Crippen LogP contribution in [0.5, 0.6) is 0 Å². The summed E-state index contributed by atoms with van der Waals surface area (Å²) < 4.78 is 25.8. The number of nitrogens with one attached hydrogen (secondary N) is 5. The van der Waals surface area contributed by atoms with Crippen LogP contribution in [-0.2, 0) is 38.8 Å². The lowest BCUT2D eigenvalue weighted by Gasteiger charge is -2.41. The van der Waals surface area contributed by atoms with Gasteiger partial charge < -0.3 is 26.2 Å². The van der Waals surface area contributed by atoms with E-state index in [-0.39, 0.29) is 30.3 Å². The first-order chi connectivity index (χ1) is 22.9. The average molecular weight is 709 g/mol. The molecule has 49 heavy (non-hydrogen) atoms. The molecular formula is C34H56N6O8S. The smallest absolute Gasteiger partial charge is 0.289 e. The van der Waals surface area contributed by atoms with E-state index in [9.17, 15) is 37.2 Å². The zero-order valence-electron chi connectivity index (χ0n) is 29.8. The molecule has 3 aliphatic carbocycles. The quantitative estimate of drug-likeness (QED) is 0.155. The van der Waals surface area contributed by atoms with Gasteiger partial charge in [0.25, 0.3) is 5.91 Å². The van der Waals surface area contributed by atoms with E-state index in [4.69, 9.17) is 0 Å². The van der Waals surface area contributed by atoms with E-state index < -0.39 is 81.0 Å². The molecule has 4 fully saturated rings. The van der Waals surface area contributed by atoms with Crippen LogP contribution < -0.4 is 26.0 Å². The molecule has 15 heteroatoms. The predicted octanol–water partition coefficient (Wildman–Crippen LogP) is 1.03. The van der Waals surface area contributed by atoms with E-state index in [2.05, 4.69) is 26.0 Å². The summed E-state index contributed by atoms with van der Waals surface area (Å²) in [4.78, 5) is 82.8. The normalized spacial score (nSPS) is 25.1. The minimum Gasteiger partial charge on any atom is -0.347 e. The summed E-state index contributed by atoms with van der Waals surface area (Å²) in [7, 11) is -3.68. The van der Waals surface area contributed by atoms with Crippen LogP contribution in [0.3, 0.4) is 0 Å². The molecule has 14 nitrogen and oxygen atoms in total. The molecule has 0 radical (unpaired) electrons. The van der Waals surface area contributed by atoms with Crippen molar-refractivity contribution < 1.29 is 37.2 Å². The molecular weight excluding hydrogens is 652 g/mol. The molecule has 1 heterocycles. The molecule has 0 aromatic rings. The maximum atomic E-state index is 14.5. The van der Waals surface area contributed by atoms with Crippen LogP contribution in [-0.4, -0.2) is 97.2 Å². The Labute approximate surface area is 290 Å². The van der Waals surface area contributed by atoms with E-state index in [0.29, 0.717) is 32.1 Å². The van der Waals surface area contributed by atoms with E-state index >= 15 is 0 Å². The number of carbonyl (C=O) groups is 6. The van der Waals surface area contributed by atoms with Gasteiger partial charge in [-0.1, -0.05) is 53.4 Å². The molecule has 7 unspecified atom stereocenters. The number of nitrogens with zero attached hydrogens (tertiary/aromatic N) is 1. The molecule has 4 aliphatic rings. The van der Waals surface area contributed by atoms with Crippen LogP contribution in [0.15, 0.2) is 0 Å². The third kappa shape index (κ3) is 10.0. The summed E-state index contributed by atoms with van der Waals surface area (Å²) in [6.45, 7) is 8.72. The van der Waals surface area contributed by atoms with Crippen molar-refractivity contribution in [3.8, 4) is 0 Å². The molecule has 3 saturated carbocycles. The molecule has 0 aromatic heterocycles. The summed E-state index contributed by atoms with van der Waals surface area (Å²) in [5.74, 6) is -3.82. The van der Waals surface area contributed by atoms with Crippen LogP contribution in [0, 0.1) is 17.3 Å². The Bertz CT molecular complexity index is 1390. The Morgan fingerprint density at radius 1 is 0.857 bits per heavy atom. The van der Waals surface area contributed by atoms with Crippen LogP contribution in [0.1, 0.15) is 112 Å². The van der Waals surface area contributed by atoms with Crippen molar-refractivity contribution in [2.24, 2.45) is 17.3 Å². The standard InChI is InChI=1S/C34H56N6O8S/c1-7-11-24(27(41)32(45)35-22-15-16-22)36-31(44)26-21-14-17-23(18-21)40(26)33(46)28(34(3,4)5)38-30(43)25(20-12-9-8-10-13-20)37-29(42)19(2)39-49(6,47)48/h19-26,28,39H,7-18H2,1-6H3,(H,35,45)(H,36,44)(H,37,42)(H,38,43). The van der Waals surface area contributed by atoms with Gasteiger partial charge in [0.05, 0.1) is 18.3 Å². The number of piperidine rings is 1. The molecule has 0 spiro atoms. The zero-order chi connectivity index (χ0) is 36.3. The lowest BCUT2D eigenvalue weighted by molar-refractivity contribution is -0.149. The zero-order valence-corrected chi connectivity index (χ0v) is 30.6. The number of ketones is 1. The molecule has 5 amide bonds. The number of hydrogen-bond acceptors (Lipinski definition) is 8. The number of amides is 5. The van der Waals surface area contributed by atoms with Crippen molar-refractivity contribution in [3.63, 3.8) is 0 Å². The van der Waals surface area contributed by atoms with Gasteiger partial charge in [-0.25, -0.2) is 13.1 Å². The Hall–Kier alpha value is -3.07. The van der Waals surface area contributed by atoms with E-state index in [1.165, 1.54) is 6.92 Å². The van der Waals surface area contributed by atoms with Gasteiger partial charge in [0.15, 0.2) is 0 Å². The number of likely N-dealkylation sites (tertiary alicyclic amines) is 1. The van der Waals surface area contributed by atoms with E-state index in [1.807, 2.05) is 27.7 Å². The summed E-state index contributed by atoms with van der Waals surface area (Å²) in [6, 6.07) is -5.25. The maximum absolute atomic E-state index is 14.5. The Morgan fingerprint density at radius 2 is 1.51 bits per heavy atom. The molecule has 5 N–H and O–H groups in total. The van der Waals surface area contributed by atoms with Crippen molar-refractivity contribution in [2.75, 3.05) is 6.26 Å². The molecule has 4 rings (SSSR count). The fraction of sp³-hybridized carbons (Fsp3) is 0.824. The van der Waals surface area contributed by atoms with Gasteiger partial charge in [0.1, 0.15) is 18.1 Å². The minimum absolute atomic E-state index is 0.00349. The number of hydrogen-bond donors (Lipinski definition) is 5. The van der Waals surface area contributed by atoms with Gasteiger partial charge in [-0.3, -0.25) is 28.8 Å². The van der Waals surface area contributed by atoms with Gasteiger partial charge in [-0.2, -0.15) is 0 Å². The van der Waals surface area contributed by atoms with Gasteiger partial charge >= 0.3 is 0 Å². The third-order valence-electron chi connectivity index (χ3n) is 10.3. The minimum atomic E-state index is -3.68. The number of carbonyl (C=O) groups excluding carboxylic acids is 6.